The fourth-order valence-electron chi connectivity index (χ4n) is 2.93. The van der Waals surface area contributed by atoms with Gasteiger partial charge < -0.3 is 0 Å². The van der Waals surface area contributed by atoms with E-state index in [9.17, 15) is 0 Å². The predicted molar refractivity (Wildman–Crippen MR) is 111 cm³/mol. The minimum atomic E-state index is 0.984. The zero-order valence-corrected chi connectivity index (χ0v) is 17.3. The first kappa shape index (κ1) is 22.2. The van der Waals surface area contributed by atoms with E-state index in [0.717, 1.165) is 6.42 Å². The van der Waals surface area contributed by atoms with Crippen molar-refractivity contribution < 1.29 is 0 Å². The molecule has 0 amide bonds. The average Bonchev–Trinajstić information content (AvgIpc) is 2.51. The Hall–Kier alpha value is -1.82. The molecule has 0 radical (unpaired) electrons. The van der Waals surface area contributed by atoms with Crippen molar-refractivity contribution in [1.29, 1.82) is 0 Å². The quantitative estimate of drug-likeness (QED) is 0.509. The first-order chi connectivity index (χ1) is 11.3. The average molecular weight is 325 g/mol. The molecule has 0 fully saturated rings. The van der Waals surface area contributed by atoms with Crippen LogP contribution < -0.4 is 0 Å². The Labute approximate surface area is 150 Å². The Balaban J connectivity index is 0.000000405. The minimum absolute atomic E-state index is 0.984. The van der Waals surface area contributed by atoms with E-state index in [1.165, 1.54) is 44.5 Å². The standard InChI is InChI=1S/C12H16.C10H14.C2H6/c1-5-6-12-10(3)7-9(2)8-11(12)4;1-7-5-8(2)10(4)9(3)6-7;1-2/h5,7-8H,1,6H2,2-4H3;5-6H,1-4H3;1-2H3. The summed E-state index contributed by atoms with van der Waals surface area (Å²) in [5.41, 5.74) is 11.1. The molecule has 2 aromatic rings. The molecule has 0 aromatic heterocycles. The normalized spacial score (nSPS) is 9.38. The molecule has 0 aliphatic rings. The lowest BCUT2D eigenvalue weighted by Gasteiger charge is -2.08. The van der Waals surface area contributed by atoms with Crippen molar-refractivity contribution in [3.63, 3.8) is 0 Å². The van der Waals surface area contributed by atoms with E-state index < -0.39 is 0 Å². The van der Waals surface area contributed by atoms with Gasteiger partial charge >= 0.3 is 0 Å². The summed E-state index contributed by atoms with van der Waals surface area (Å²) in [7, 11) is 0. The first-order valence-corrected chi connectivity index (χ1v) is 8.98. The number of hydrogen-bond acceptors (Lipinski definition) is 0. The van der Waals surface area contributed by atoms with Crippen LogP contribution in [0, 0.1) is 48.5 Å². The number of benzene rings is 2. The highest BCUT2D eigenvalue weighted by Gasteiger charge is 2.00. The molecule has 0 bridgehead atoms. The van der Waals surface area contributed by atoms with Crippen molar-refractivity contribution in [2.75, 3.05) is 0 Å². The highest BCUT2D eigenvalue weighted by Crippen LogP contribution is 2.17. The Kier molecular flexibility index (Phi) is 10.0. The maximum absolute atomic E-state index is 3.76. The number of rotatable bonds is 2. The Morgan fingerprint density at radius 1 is 0.667 bits per heavy atom. The van der Waals surface area contributed by atoms with Gasteiger partial charge in [0.05, 0.1) is 0 Å². The summed E-state index contributed by atoms with van der Waals surface area (Å²) in [6.07, 6.45) is 2.95. The fraction of sp³-hybridized carbons (Fsp3) is 0.417. The predicted octanol–water partition coefficient (Wildman–Crippen LogP) is 7.29. The van der Waals surface area contributed by atoms with Crippen molar-refractivity contribution in [2.45, 2.75) is 68.7 Å². The van der Waals surface area contributed by atoms with Crippen LogP contribution in [0.3, 0.4) is 0 Å². The van der Waals surface area contributed by atoms with Crippen LogP contribution in [-0.2, 0) is 6.42 Å². The molecule has 0 heteroatoms. The molecule has 0 unspecified atom stereocenters. The van der Waals surface area contributed by atoms with Crippen molar-refractivity contribution >= 4 is 0 Å². The van der Waals surface area contributed by atoms with E-state index in [-0.39, 0.29) is 0 Å². The molecular formula is C24H36. The van der Waals surface area contributed by atoms with E-state index in [4.69, 9.17) is 0 Å². The lowest BCUT2D eigenvalue weighted by atomic mass is 9.97. The van der Waals surface area contributed by atoms with Gasteiger partial charge in [-0.1, -0.05) is 55.3 Å². The molecule has 0 saturated heterocycles. The summed E-state index contributed by atoms with van der Waals surface area (Å²) >= 11 is 0. The van der Waals surface area contributed by atoms with Crippen molar-refractivity contribution in [1.82, 2.24) is 0 Å². The van der Waals surface area contributed by atoms with Gasteiger partial charge in [0.1, 0.15) is 0 Å². The van der Waals surface area contributed by atoms with Crippen LogP contribution in [0.2, 0.25) is 0 Å². The minimum Gasteiger partial charge on any atom is -0.103 e. The monoisotopic (exact) mass is 324 g/mol. The van der Waals surface area contributed by atoms with Gasteiger partial charge in [0.15, 0.2) is 0 Å². The Morgan fingerprint density at radius 2 is 1.00 bits per heavy atom. The second kappa shape index (κ2) is 10.9. The molecule has 0 heterocycles. The van der Waals surface area contributed by atoms with Crippen molar-refractivity contribution in [3.05, 3.63) is 81.4 Å². The van der Waals surface area contributed by atoms with Gasteiger partial charge in [0.25, 0.3) is 0 Å². The summed E-state index contributed by atoms with van der Waals surface area (Å²) < 4.78 is 0. The van der Waals surface area contributed by atoms with Gasteiger partial charge in [-0.25, -0.2) is 0 Å². The van der Waals surface area contributed by atoms with Gasteiger partial charge in [-0.3, -0.25) is 0 Å². The second-order valence-corrected chi connectivity index (χ2v) is 6.39. The first-order valence-electron chi connectivity index (χ1n) is 8.98. The van der Waals surface area contributed by atoms with Crippen molar-refractivity contribution in [2.24, 2.45) is 0 Å². The molecule has 0 atom stereocenters. The largest absolute Gasteiger partial charge is 0.103 e. The van der Waals surface area contributed by atoms with Gasteiger partial charge in [-0.15, -0.1) is 6.58 Å². The van der Waals surface area contributed by atoms with Gasteiger partial charge in [0.2, 0.25) is 0 Å². The van der Waals surface area contributed by atoms with Crippen LogP contribution in [0.5, 0.6) is 0 Å². The fourth-order valence-corrected chi connectivity index (χ4v) is 2.93. The molecule has 0 spiro atoms. The third-order valence-corrected chi connectivity index (χ3v) is 4.26. The lowest BCUT2D eigenvalue weighted by Crippen LogP contribution is -1.92. The number of allylic oxidation sites excluding steroid dienone is 1. The van der Waals surface area contributed by atoms with E-state index in [0.29, 0.717) is 0 Å². The van der Waals surface area contributed by atoms with Gasteiger partial charge in [-0.05, 0) is 88.3 Å². The second-order valence-electron chi connectivity index (χ2n) is 6.39. The molecule has 0 nitrogen and oxygen atoms in total. The van der Waals surface area contributed by atoms with Crippen molar-refractivity contribution in [3.8, 4) is 0 Å². The van der Waals surface area contributed by atoms with Crippen LogP contribution in [-0.4, -0.2) is 0 Å². The number of hydrogen-bond donors (Lipinski definition) is 0. The highest BCUT2D eigenvalue weighted by molar-refractivity contribution is 5.38. The smallest absolute Gasteiger partial charge is 0.00949 e. The summed E-state index contributed by atoms with van der Waals surface area (Å²) in [6, 6.07) is 8.91. The third-order valence-electron chi connectivity index (χ3n) is 4.26. The van der Waals surface area contributed by atoms with Crippen LogP contribution >= 0.6 is 0 Å². The van der Waals surface area contributed by atoms with E-state index in [2.05, 4.69) is 79.3 Å². The Morgan fingerprint density at radius 3 is 1.33 bits per heavy atom. The van der Waals surface area contributed by atoms with E-state index in [1.54, 1.807) is 0 Å². The topological polar surface area (TPSA) is 0 Å². The molecule has 132 valence electrons. The summed E-state index contributed by atoms with van der Waals surface area (Å²) in [5, 5.41) is 0. The van der Waals surface area contributed by atoms with Crippen LogP contribution in [0.4, 0.5) is 0 Å². The van der Waals surface area contributed by atoms with Gasteiger partial charge in [-0.2, -0.15) is 0 Å². The maximum atomic E-state index is 3.76. The molecule has 0 N–H and O–H groups in total. The highest BCUT2D eigenvalue weighted by atomic mass is 14.1. The molecule has 24 heavy (non-hydrogen) atoms. The molecule has 0 saturated carbocycles. The Bertz CT molecular complexity index is 614. The van der Waals surface area contributed by atoms with E-state index >= 15 is 0 Å². The molecule has 2 aromatic carbocycles. The SMILES string of the molecule is C=CCc1c(C)cc(C)cc1C.CC.Cc1cc(C)c(C)c(C)c1. The molecule has 0 aliphatic carbocycles. The zero-order valence-electron chi connectivity index (χ0n) is 17.3. The van der Waals surface area contributed by atoms with E-state index in [1.807, 2.05) is 19.9 Å². The van der Waals surface area contributed by atoms with Gasteiger partial charge in [0, 0.05) is 0 Å². The molecule has 0 aliphatic heterocycles. The third kappa shape index (κ3) is 6.74. The molecule has 2 rings (SSSR count). The summed E-state index contributed by atoms with van der Waals surface area (Å²) in [6.45, 7) is 22.9. The summed E-state index contributed by atoms with van der Waals surface area (Å²) in [4.78, 5) is 0. The maximum Gasteiger partial charge on any atom is -0.00949 e. The zero-order chi connectivity index (χ0) is 18.9. The summed E-state index contributed by atoms with van der Waals surface area (Å²) in [5.74, 6) is 0. The van der Waals surface area contributed by atoms with Crippen LogP contribution in [0.15, 0.2) is 36.9 Å². The number of aryl methyl sites for hydroxylation is 6. The molecular weight excluding hydrogens is 288 g/mol. The van der Waals surface area contributed by atoms with Crippen LogP contribution in [0.25, 0.3) is 0 Å². The lowest BCUT2D eigenvalue weighted by molar-refractivity contribution is 1.15. The van der Waals surface area contributed by atoms with Crippen LogP contribution in [0.1, 0.15) is 58.4 Å².